The summed E-state index contributed by atoms with van der Waals surface area (Å²) in [5.74, 6) is 0.158. The van der Waals surface area contributed by atoms with E-state index in [-0.39, 0.29) is 11.3 Å². The molecule has 70 heavy (non-hydrogen) atoms. The summed E-state index contributed by atoms with van der Waals surface area (Å²) >= 11 is 0. The number of furan rings is 1. The number of hydrogen-bond acceptors (Lipinski definition) is 2. The zero-order valence-electron chi connectivity index (χ0n) is 38.8. The summed E-state index contributed by atoms with van der Waals surface area (Å²) in [5.41, 5.74) is 21.7. The van der Waals surface area contributed by atoms with Gasteiger partial charge in [0.25, 0.3) is 0 Å². The molecule has 1 unspecified atom stereocenters. The SMILES string of the molecule is C1=CC(N(C2=CC=C(c3cccc4c3oc3ccccc34)CC2)c2ccc(C3(c4ccccc4)c4ccccc4-c4ccccc43)cc2)=C2c3ccccc3C(c3ccccc3)(c3ccccc3)C2C1. The molecule has 14 rings (SSSR count). The number of benzene rings is 9. The van der Waals surface area contributed by atoms with Gasteiger partial charge in [-0.15, -0.1) is 0 Å². The van der Waals surface area contributed by atoms with Crippen molar-refractivity contribution < 1.29 is 4.42 Å². The molecule has 0 radical (unpaired) electrons. The molecule has 10 aromatic rings. The van der Waals surface area contributed by atoms with Crippen LogP contribution in [0.4, 0.5) is 5.69 Å². The number of allylic oxidation sites excluding steroid dienone is 7. The van der Waals surface area contributed by atoms with Crippen LogP contribution in [-0.2, 0) is 10.8 Å². The topological polar surface area (TPSA) is 16.4 Å². The Bertz CT molecular complexity index is 3710. The maximum absolute atomic E-state index is 6.60. The van der Waals surface area contributed by atoms with Crippen LogP contribution in [0.5, 0.6) is 0 Å². The predicted octanol–water partition coefficient (Wildman–Crippen LogP) is 16.9. The maximum atomic E-state index is 6.60. The Morgan fingerprint density at radius 2 is 0.971 bits per heavy atom. The molecule has 0 saturated carbocycles. The van der Waals surface area contributed by atoms with E-state index in [1.54, 1.807) is 0 Å². The summed E-state index contributed by atoms with van der Waals surface area (Å²) in [4.78, 5) is 2.60. The molecule has 1 heterocycles. The van der Waals surface area contributed by atoms with Crippen LogP contribution in [0.1, 0.15) is 69.3 Å². The number of anilines is 1. The zero-order valence-corrected chi connectivity index (χ0v) is 38.8. The zero-order chi connectivity index (χ0) is 46.2. The van der Waals surface area contributed by atoms with E-state index in [2.05, 4.69) is 260 Å². The van der Waals surface area contributed by atoms with Crippen molar-refractivity contribution in [3.8, 4) is 11.1 Å². The molecule has 0 N–H and O–H groups in total. The van der Waals surface area contributed by atoms with Crippen molar-refractivity contribution in [3.05, 3.63) is 316 Å². The van der Waals surface area contributed by atoms with Crippen molar-refractivity contribution in [1.82, 2.24) is 0 Å². The van der Waals surface area contributed by atoms with Crippen molar-refractivity contribution in [2.45, 2.75) is 30.1 Å². The fourth-order valence-electron chi connectivity index (χ4n) is 13.2. The highest BCUT2D eigenvalue weighted by Gasteiger charge is 2.53. The minimum atomic E-state index is -0.482. The van der Waals surface area contributed by atoms with E-state index in [4.69, 9.17) is 4.42 Å². The van der Waals surface area contributed by atoms with E-state index in [1.165, 1.54) is 83.7 Å². The van der Waals surface area contributed by atoms with Crippen LogP contribution < -0.4 is 4.90 Å². The van der Waals surface area contributed by atoms with Crippen molar-refractivity contribution >= 4 is 38.8 Å². The molecule has 2 heteroatoms. The molecule has 9 aromatic carbocycles. The number of nitrogens with zero attached hydrogens (tertiary/aromatic N) is 1. The maximum Gasteiger partial charge on any atom is 0.142 e. The second-order valence-electron chi connectivity index (χ2n) is 19.3. The van der Waals surface area contributed by atoms with Crippen molar-refractivity contribution in [3.63, 3.8) is 0 Å². The summed E-state index contributed by atoms with van der Waals surface area (Å²) in [6.07, 6.45) is 12.3. The van der Waals surface area contributed by atoms with Crippen molar-refractivity contribution in [2.75, 3.05) is 4.90 Å². The molecule has 332 valence electrons. The molecule has 0 amide bonds. The molecule has 4 aliphatic carbocycles. The van der Waals surface area contributed by atoms with Crippen LogP contribution in [-0.4, -0.2) is 0 Å². The Labute approximate surface area is 409 Å². The Kier molecular flexibility index (Phi) is 9.32. The van der Waals surface area contributed by atoms with Gasteiger partial charge in [-0.3, -0.25) is 0 Å². The van der Waals surface area contributed by atoms with Gasteiger partial charge in [-0.2, -0.15) is 0 Å². The number of para-hydroxylation sites is 2. The molecule has 2 nitrogen and oxygen atoms in total. The van der Waals surface area contributed by atoms with Gasteiger partial charge in [-0.25, -0.2) is 0 Å². The minimum absolute atomic E-state index is 0.158. The van der Waals surface area contributed by atoms with Gasteiger partial charge in [0, 0.05) is 39.3 Å². The predicted molar refractivity (Wildman–Crippen MR) is 289 cm³/mol. The third-order valence-electron chi connectivity index (χ3n) is 16.0. The number of rotatable bonds is 8. The van der Waals surface area contributed by atoms with Crippen LogP contribution in [0, 0.1) is 5.92 Å². The molecular formula is C68H49NO. The first-order valence-corrected chi connectivity index (χ1v) is 24.8. The van der Waals surface area contributed by atoms with Crippen LogP contribution in [0.25, 0.3) is 44.2 Å². The summed E-state index contributed by atoms with van der Waals surface area (Å²) in [6.45, 7) is 0. The van der Waals surface area contributed by atoms with Crippen molar-refractivity contribution in [1.29, 1.82) is 0 Å². The molecule has 4 aliphatic rings. The molecule has 0 aliphatic heterocycles. The summed E-state index contributed by atoms with van der Waals surface area (Å²) in [6, 6.07) is 85.6. The highest BCUT2D eigenvalue weighted by molar-refractivity contribution is 6.08. The lowest BCUT2D eigenvalue weighted by atomic mass is 9.63. The van der Waals surface area contributed by atoms with Gasteiger partial charge < -0.3 is 9.32 Å². The van der Waals surface area contributed by atoms with E-state index in [0.29, 0.717) is 0 Å². The van der Waals surface area contributed by atoms with Crippen LogP contribution in [0.3, 0.4) is 0 Å². The molecule has 1 aromatic heterocycles. The normalized spacial score (nSPS) is 17.1. The van der Waals surface area contributed by atoms with Crippen LogP contribution in [0.15, 0.2) is 271 Å². The monoisotopic (exact) mass is 895 g/mol. The van der Waals surface area contributed by atoms with Gasteiger partial charge in [0.2, 0.25) is 0 Å². The number of fused-ring (bicyclic) bond motifs is 9. The smallest absolute Gasteiger partial charge is 0.142 e. The second kappa shape index (κ2) is 16.1. The van der Waals surface area contributed by atoms with E-state index < -0.39 is 5.41 Å². The van der Waals surface area contributed by atoms with Gasteiger partial charge in [-0.05, 0) is 116 Å². The molecule has 0 fully saturated rings. The van der Waals surface area contributed by atoms with Crippen LogP contribution in [0.2, 0.25) is 0 Å². The first-order valence-electron chi connectivity index (χ1n) is 24.8. The Hall–Kier alpha value is -8.46. The highest BCUT2D eigenvalue weighted by atomic mass is 16.3. The fourth-order valence-corrected chi connectivity index (χ4v) is 13.2. The first kappa shape index (κ1) is 40.6. The largest absolute Gasteiger partial charge is 0.455 e. The highest BCUT2D eigenvalue weighted by Crippen LogP contribution is 2.62. The Balaban J connectivity index is 0.986. The van der Waals surface area contributed by atoms with Gasteiger partial charge in [0.15, 0.2) is 0 Å². The second-order valence-corrected chi connectivity index (χ2v) is 19.3. The lowest BCUT2D eigenvalue weighted by molar-refractivity contribution is 0.482. The van der Waals surface area contributed by atoms with E-state index in [1.807, 2.05) is 0 Å². The van der Waals surface area contributed by atoms with Gasteiger partial charge in [0.1, 0.15) is 11.2 Å². The summed E-state index contributed by atoms with van der Waals surface area (Å²) in [7, 11) is 0. The van der Waals surface area contributed by atoms with Gasteiger partial charge in [0.05, 0.1) is 10.8 Å². The molecule has 0 bridgehead atoms. The lowest BCUT2D eigenvalue weighted by Gasteiger charge is -2.41. The summed E-state index contributed by atoms with van der Waals surface area (Å²) < 4.78 is 6.60. The van der Waals surface area contributed by atoms with Crippen LogP contribution >= 0.6 is 0 Å². The van der Waals surface area contributed by atoms with Gasteiger partial charge >= 0.3 is 0 Å². The first-order chi connectivity index (χ1) is 34.7. The molecule has 1 atom stereocenters. The molecular weight excluding hydrogens is 847 g/mol. The van der Waals surface area contributed by atoms with E-state index in [0.717, 1.165) is 46.9 Å². The summed E-state index contributed by atoms with van der Waals surface area (Å²) in [5, 5.41) is 2.32. The quantitative estimate of drug-likeness (QED) is 0.151. The van der Waals surface area contributed by atoms with Crippen molar-refractivity contribution in [2.24, 2.45) is 5.92 Å². The standard InChI is InChI=1S/C68H49NO/c1-4-20-47(21-5-1)67(59-32-14-10-26-54(59)55-27-11-15-33-60(55)67)50-40-44-52(45-41-50)69(51-42-38-46(39-43-51)53-30-18-31-57-56-28-13-17-37-64(56)70-66(53)57)63-36-19-35-62-65(63)58-29-12-16-34-61(58)68(62,48-22-6-2-7-23-48)49-24-8-3-9-25-49/h1-34,36-38,40-42,44-45,62H,35,39,43H2. The Morgan fingerprint density at radius 3 is 1.63 bits per heavy atom. The third kappa shape index (κ3) is 5.80. The average molecular weight is 896 g/mol. The molecule has 0 saturated heterocycles. The van der Waals surface area contributed by atoms with E-state index >= 15 is 0 Å². The third-order valence-corrected chi connectivity index (χ3v) is 16.0. The molecule has 0 spiro atoms. The fraction of sp³-hybridized carbons (Fsp3) is 0.0882. The minimum Gasteiger partial charge on any atom is -0.455 e. The van der Waals surface area contributed by atoms with Gasteiger partial charge in [-0.1, -0.05) is 224 Å². The average Bonchev–Trinajstić information content (AvgIpc) is 4.08. The number of hydrogen-bond donors (Lipinski definition) is 0. The van der Waals surface area contributed by atoms with E-state index in [9.17, 15) is 0 Å². The lowest BCUT2D eigenvalue weighted by Crippen LogP contribution is -2.36. The Morgan fingerprint density at radius 1 is 0.429 bits per heavy atom.